The summed E-state index contributed by atoms with van der Waals surface area (Å²) < 4.78 is 52.9. The number of anilines is 1. The van der Waals surface area contributed by atoms with E-state index in [4.69, 9.17) is 24.3 Å². The quantitative estimate of drug-likeness (QED) is 0.0252. The van der Waals surface area contributed by atoms with Gasteiger partial charge in [0.05, 0.1) is 25.6 Å². The minimum Gasteiger partial charge on any atom is -0.465 e. The van der Waals surface area contributed by atoms with E-state index in [1.165, 1.54) is 127 Å². The Kier molecular flexibility index (Phi) is 20.2. The highest BCUT2D eigenvalue weighted by Gasteiger charge is 2.48. The van der Waals surface area contributed by atoms with Gasteiger partial charge in [-0.05, 0) is 32.4 Å². The van der Waals surface area contributed by atoms with Crippen LogP contribution in [0, 0.1) is 6.08 Å². The highest BCUT2D eigenvalue weighted by Crippen LogP contribution is 2.48. The third kappa shape index (κ3) is 15.8. The molecule has 0 bridgehead atoms. The summed E-state index contributed by atoms with van der Waals surface area (Å²) in [6.07, 6.45) is 24.4. The Balaban J connectivity index is 1.11. The first-order chi connectivity index (χ1) is 27.5. The van der Waals surface area contributed by atoms with E-state index in [2.05, 4.69) is 27.0 Å². The summed E-state index contributed by atoms with van der Waals surface area (Å²) >= 11 is 0. The number of aliphatic hydroxyl groups is 1. The predicted octanol–water partition coefficient (Wildman–Crippen LogP) is 10.1. The van der Waals surface area contributed by atoms with Crippen LogP contribution in [0.2, 0.25) is 0 Å². The van der Waals surface area contributed by atoms with Crippen molar-refractivity contribution in [3.05, 3.63) is 42.7 Å². The van der Waals surface area contributed by atoms with Crippen molar-refractivity contribution in [2.24, 2.45) is 0 Å². The second-order valence-electron chi connectivity index (χ2n) is 15.7. The molecule has 0 aliphatic carbocycles. The lowest BCUT2D eigenvalue weighted by Gasteiger charge is -2.30. The number of aliphatic hydroxyl groups excluding tert-OH is 1. The number of nitrogens with two attached hydrogens (primary N) is 1. The van der Waals surface area contributed by atoms with E-state index >= 15 is 0 Å². The van der Waals surface area contributed by atoms with Crippen LogP contribution in [0.5, 0.6) is 5.75 Å². The number of hydrogen-bond donors (Lipinski definition) is 3. The lowest BCUT2D eigenvalue weighted by Crippen LogP contribution is -2.42. The maximum Gasteiger partial charge on any atom is 0.459 e. The molecular weight excluding hydrogens is 750 g/mol. The highest BCUT2D eigenvalue weighted by molar-refractivity contribution is 7.52. The van der Waals surface area contributed by atoms with E-state index < -0.39 is 43.8 Å². The number of imidazole rings is 1. The Morgan fingerprint density at radius 1 is 0.947 bits per heavy atom. The second-order valence-corrected chi connectivity index (χ2v) is 17.4. The third-order valence-electron chi connectivity index (χ3n) is 10.7. The van der Waals surface area contributed by atoms with Crippen molar-refractivity contribution in [1.82, 2.24) is 24.6 Å². The molecule has 3 aromatic rings. The van der Waals surface area contributed by atoms with E-state index in [1.807, 2.05) is 0 Å². The molecule has 1 fully saturated rings. The zero-order valence-corrected chi connectivity index (χ0v) is 35.4. The second kappa shape index (κ2) is 24.7. The van der Waals surface area contributed by atoms with E-state index in [0.29, 0.717) is 0 Å². The van der Waals surface area contributed by atoms with Crippen molar-refractivity contribution in [1.29, 1.82) is 0 Å². The average molecular weight is 819 g/mol. The van der Waals surface area contributed by atoms with Crippen LogP contribution < -0.4 is 15.3 Å². The molecular formula is C42H68FN6O7P. The highest BCUT2D eigenvalue weighted by atomic mass is 31.2. The number of esters is 1. The number of nitrogens with zero attached hydrogens (tertiary/aromatic N) is 4. The number of carbonyl (C=O) groups is 1. The number of halogens is 1. The number of benzene rings is 1. The molecule has 4 N–H and O–H groups in total. The average Bonchev–Trinajstić information content (AvgIpc) is 3.75. The molecule has 0 amide bonds. The van der Waals surface area contributed by atoms with E-state index in [9.17, 15) is 18.9 Å². The van der Waals surface area contributed by atoms with E-state index in [-0.39, 0.29) is 42.4 Å². The van der Waals surface area contributed by atoms with Crippen molar-refractivity contribution in [2.45, 2.75) is 180 Å². The fourth-order valence-corrected chi connectivity index (χ4v) is 8.75. The fraction of sp³-hybridized carbons (Fsp3) is 0.714. The summed E-state index contributed by atoms with van der Waals surface area (Å²) in [6.45, 7) is 5.26. The number of aromatic nitrogens is 4. The van der Waals surface area contributed by atoms with Gasteiger partial charge in [0.25, 0.3) is 0 Å². The van der Waals surface area contributed by atoms with Crippen LogP contribution in [0.3, 0.4) is 0 Å². The molecule has 57 heavy (non-hydrogen) atoms. The first kappa shape index (κ1) is 46.5. The summed E-state index contributed by atoms with van der Waals surface area (Å²) in [4.78, 5) is 24.4. The zero-order valence-electron chi connectivity index (χ0n) is 34.5. The van der Waals surface area contributed by atoms with E-state index in [1.54, 1.807) is 37.3 Å². The minimum atomic E-state index is -4.23. The van der Waals surface area contributed by atoms with Crippen LogP contribution in [0.15, 0.2) is 36.7 Å². The van der Waals surface area contributed by atoms with Crippen LogP contribution >= 0.6 is 7.75 Å². The number of unbranched alkanes of at least 4 members (excludes halogenated alkanes) is 19. The molecule has 320 valence electrons. The van der Waals surface area contributed by atoms with Gasteiger partial charge in [0.2, 0.25) is 0 Å². The standard InChI is InChI=1S/C42H68FN6O7P/c1-4-5-6-7-8-9-10-11-12-13-14-15-16-17-18-19-20-21-22-26-29-53-40(51)33(2)48-57(52,56-34-27-24-23-25-28-34)54-31-42(3)35(50)30-36(55-42)49-32-45-37-38(44)46-41(43)47-39(37)49/h23-25,27-28,32-33,35-36,50H,4-22,26,29-31H2,1-3H3,(H,48,52)(H2,44,46,47)/t33-,35-,36+,42+,57-/m0/s1. The van der Waals surface area contributed by atoms with Crippen LogP contribution in [-0.2, 0) is 23.4 Å². The SMILES string of the molecule is CCCCCCCCCCCCCCCCCCCCCCOC(=O)[C@H](C)N[P@](=O)(OC[C@@]1(C)O[C@@H](n2cnc3c(N)nc(F)nc32)C[C@@H]1O)Oc1ccccc1. The number of para-hydroxylation sites is 1. The van der Waals surface area contributed by atoms with Gasteiger partial charge in [0.1, 0.15) is 23.6 Å². The van der Waals surface area contributed by atoms with Crippen LogP contribution in [-0.4, -0.2) is 61.6 Å². The molecule has 0 spiro atoms. The van der Waals surface area contributed by atoms with Crippen molar-refractivity contribution in [3.63, 3.8) is 0 Å². The Morgan fingerprint density at radius 2 is 1.49 bits per heavy atom. The molecule has 5 atom stereocenters. The number of nitrogen functional groups attached to an aromatic ring is 1. The topological polar surface area (TPSA) is 173 Å². The first-order valence-corrected chi connectivity index (χ1v) is 23.0. The summed E-state index contributed by atoms with van der Waals surface area (Å²) in [6, 6.07) is 7.38. The molecule has 1 aliphatic rings. The van der Waals surface area contributed by atoms with Crippen molar-refractivity contribution >= 4 is 30.7 Å². The lowest BCUT2D eigenvalue weighted by molar-refractivity contribution is -0.145. The molecule has 2 aromatic heterocycles. The molecule has 0 saturated carbocycles. The van der Waals surface area contributed by atoms with Crippen LogP contribution in [0.1, 0.15) is 162 Å². The molecule has 1 saturated heterocycles. The van der Waals surface area contributed by atoms with Gasteiger partial charge in [-0.2, -0.15) is 19.4 Å². The Morgan fingerprint density at radius 3 is 2.05 bits per heavy atom. The van der Waals surface area contributed by atoms with Crippen molar-refractivity contribution in [3.8, 4) is 5.75 Å². The Labute approximate surface area is 339 Å². The molecule has 15 heteroatoms. The molecule has 0 unspecified atom stereocenters. The van der Waals surface area contributed by atoms with Gasteiger partial charge in [0.15, 0.2) is 17.0 Å². The largest absolute Gasteiger partial charge is 0.465 e. The zero-order chi connectivity index (χ0) is 40.9. The molecule has 1 aromatic carbocycles. The number of carbonyl (C=O) groups excluding carboxylic acids is 1. The number of rotatable bonds is 30. The van der Waals surface area contributed by atoms with Crippen molar-refractivity contribution < 1.29 is 37.4 Å². The maximum atomic E-state index is 14.1. The third-order valence-corrected chi connectivity index (χ3v) is 12.3. The summed E-state index contributed by atoms with van der Waals surface area (Å²) in [5.74, 6) is -0.463. The lowest BCUT2D eigenvalue weighted by atomic mass is 10.0. The molecule has 3 heterocycles. The number of fused-ring (bicyclic) bond motifs is 1. The number of nitrogens with one attached hydrogen (secondary N) is 1. The number of hydrogen-bond acceptors (Lipinski definition) is 11. The van der Waals surface area contributed by atoms with E-state index in [0.717, 1.165) is 19.3 Å². The van der Waals surface area contributed by atoms with Gasteiger partial charge in [0, 0.05) is 6.42 Å². The smallest absolute Gasteiger partial charge is 0.459 e. The maximum absolute atomic E-state index is 14.1. The molecule has 13 nitrogen and oxygen atoms in total. The van der Waals surface area contributed by atoms with Gasteiger partial charge in [-0.15, -0.1) is 0 Å². The Bertz CT molecular complexity index is 1650. The first-order valence-electron chi connectivity index (χ1n) is 21.5. The van der Waals surface area contributed by atoms with Gasteiger partial charge >= 0.3 is 19.8 Å². The normalized spacial score (nSPS) is 19.8. The summed E-state index contributed by atoms with van der Waals surface area (Å²) in [5, 5.41) is 13.8. The van der Waals surface area contributed by atoms with Crippen LogP contribution in [0.25, 0.3) is 11.2 Å². The van der Waals surface area contributed by atoms with Gasteiger partial charge < -0.3 is 24.8 Å². The van der Waals surface area contributed by atoms with Crippen molar-refractivity contribution in [2.75, 3.05) is 18.9 Å². The van der Waals surface area contributed by atoms with Gasteiger partial charge in [-0.1, -0.05) is 147 Å². The molecule has 4 rings (SSSR count). The molecule has 0 radical (unpaired) electrons. The molecule has 1 aliphatic heterocycles. The van der Waals surface area contributed by atoms with Gasteiger partial charge in [-0.25, -0.2) is 9.55 Å². The van der Waals surface area contributed by atoms with Crippen LogP contribution in [0.4, 0.5) is 10.2 Å². The predicted molar refractivity (Wildman–Crippen MR) is 221 cm³/mol. The summed E-state index contributed by atoms with van der Waals surface area (Å²) in [5.41, 5.74) is 4.71. The monoisotopic (exact) mass is 818 g/mol. The Hall–Kier alpha value is -3.16. The summed E-state index contributed by atoms with van der Waals surface area (Å²) in [7, 11) is -4.23. The van der Waals surface area contributed by atoms with Gasteiger partial charge in [-0.3, -0.25) is 13.9 Å². The number of ether oxygens (including phenoxy) is 2. The fourth-order valence-electron chi connectivity index (χ4n) is 7.17. The minimum absolute atomic E-state index is 0.0658.